The Hall–Kier alpha value is -3.18. The van der Waals surface area contributed by atoms with Crippen LogP contribution in [0.3, 0.4) is 0 Å². The van der Waals surface area contributed by atoms with Crippen molar-refractivity contribution in [1.82, 2.24) is 15.3 Å². The zero-order valence-corrected chi connectivity index (χ0v) is 24.4. The molecule has 4 rings (SSSR count). The number of hydrogen-bond donors (Lipinski definition) is 2. The summed E-state index contributed by atoms with van der Waals surface area (Å²) in [4.78, 5) is 37.9. The number of urea groups is 1. The minimum Gasteiger partial charge on any atom is -0.495 e. The predicted molar refractivity (Wildman–Crippen MR) is 151 cm³/mol. The Morgan fingerprint density at radius 2 is 1.69 bits per heavy atom. The van der Waals surface area contributed by atoms with Crippen molar-refractivity contribution < 1.29 is 23.8 Å². The molecule has 1 aliphatic carbocycles. The number of ether oxygens (including phenoxy) is 3. The number of hydrogen-bond acceptors (Lipinski definition) is 8. The van der Waals surface area contributed by atoms with Gasteiger partial charge in [-0.3, -0.25) is 9.80 Å². The molecular weight excluding hydrogens is 547 g/mol. The van der Waals surface area contributed by atoms with Gasteiger partial charge in [-0.2, -0.15) is 4.98 Å². The summed E-state index contributed by atoms with van der Waals surface area (Å²) in [6, 6.07) is 0.952. The highest BCUT2D eigenvalue weighted by Crippen LogP contribution is 2.47. The lowest BCUT2D eigenvalue weighted by molar-refractivity contribution is 0.0488. The third-order valence-electron chi connectivity index (χ3n) is 6.61. The van der Waals surface area contributed by atoms with Crippen molar-refractivity contribution in [3.05, 3.63) is 27.9 Å². The van der Waals surface area contributed by atoms with Gasteiger partial charge in [-0.1, -0.05) is 36.0 Å². The molecule has 1 aromatic heterocycles. The molecule has 0 bridgehead atoms. The van der Waals surface area contributed by atoms with Gasteiger partial charge in [0, 0.05) is 30.9 Å². The van der Waals surface area contributed by atoms with Crippen LogP contribution in [0.1, 0.15) is 52.0 Å². The fraction of sp³-hybridized carbons (Fsp3) is 0.538. The minimum absolute atomic E-state index is 0.0905. The lowest BCUT2D eigenvalue weighted by Gasteiger charge is -2.36. The van der Waals surface area contributed by atoms with E-state index in [1.54, 1.807) is 19.3 Å². The Bertz CT molecular complexity index is 1230. The summed E-state index contributed by atoms with van der Waals surface area (Å²) in [6.07, 6.45) is 4.85. The molecule has 3 amide bonds. The number of nitrogens with zero attached hydrogens (tertiary/aromatic N) is 4. The molecule has 1 aliphatic heterocycles. The van der Waals surface area contributed by atoms with Gasteiger partial charge in [0.1, 0.15) is 33.0 Å². The first-order valence-electron chi connectivity index (χ1n) is 12.7. The molecule has 212 valence electrons. The van der Waals surface area contributed by atoms with Crippen LogP contribution in [0.4, 0.5) is 27.0 Å². The first-order valence-corrected chi connectivity index (χ1v) is 13.5. The van der Waals surface area contributed by atoms with Gasteiger partial charge < -0.3 is 24.8 Å². The van der Waals surface area contributed by atoms with Gasteiger partial charge >= 0.3 is 12.1 Å². The molecule has 1 aromatic carbocycles. The van der Waals surface area contributed by atoms with Crippen molar-refractivity contribution in [3.8, 4) is 11.5 Å². The molecule has 11 nitrogen and oxygen atoms in total. The third kappa shape index (κ3) is 6.19. The van der Waals surface area contributed by atoms with E-state index in [0.717, 1.165) is 25.7 Å². The van der Waals surface area contributed by atoms with Crippen molar-refractivity contribution in [3.63, 3.8) is 0 Å². The fourth-order valence-corrected chi connectivity index (χ4v) is 5.47. The van der Waals surface area contributed by atoms with E-state index in [1.807, 2.05) is 20.8 Å². The van der Waals surface area contributed by atoms with Gasteiger partial charge in [-0.25, -0.2) is 14.6 Å². The Morgan fingerprint density at radius 3 is 2.28 bits per heavy atom. The van der Waals surface area contributed by atoms with Crippen molar-refractivity contribution in [2.45, 2.75) is 70.7 Å². The Balaban J connectivity index is 1.57. The molecule has 0 saturated heterocycles. The van der Waals surface area contributed by atoms with E-state index in [1.165, 1.54) is 24.0 Å². The number of methoxy groups -OCH3 is 2. The number of carbonyl (C=O) groups is 2. The predicted octanol–water partition coefficient (Wildman–Crippen LogP) is 5.62. The summed E-state index contributed by atoms with van der Waals surface area (Å²) in [5.74, 6) is 1.48. The van der Waals surface area contributed by atoms with E-state index < -0.39 is 11.7 Å². The summed E-state index contributed by atoms with van der Waals surface area (Å²) in [5.41, 5.74) is 0.389. The van der Waals surface area contributed by atoms with E-state index in [9.17, 15) is 9.59 Å². The van der Waals surface area contributed by atoms with Gasteiger partial charge in [0.05, 0.1) is 32.5 Å². The highest BCUT2D eigenvalue weighted by atomic mass is 35.5. The summed E-state index contributed by atoms with van der Waals surface area (Å²) in [7, 11) is 4.57. The van der Waals surface area contributed by atoms with Crippen LogP contribution in [0.15, 0.2) is 12.3 Å². The van der Waals surface area contributed by atoms with Crippen molar-refractivity contribution in [2.75, 3.05) is 36.4 Å². The Morgan fingerprint density at radius 1 is 1.08 bits per heavy atom. The quantitative estimate of drug-likeness (QED) is 0.451. The number of alkyl carbamates (subject to hydrolysis) is 1. The van der Waals surface area contributed by atoms with Crippen LogP contribution >= 0.6 is 23.2 Å². The molecule has 1 saturated carbocycles. The highest BCUT2D eigenvalue weighted by Gasteiger charge is 2.35. The van der Waals surface area contributed by atoms with Crippen LogP contribution in [-0.2, 0) is 11.3 Å². The van der Waals surface area contributed by atoms with Gasteiger partial charge in [0.15, 0.2) is 0 Å². The number of rotatable bonds is 6. The average molecular weight is 582 g/mol. The molecule has 2 heterocycles. The number of benzene rings is 1. The van der Waals surface area contributed by atoms with E-state index >= 15 is 0 Å². The molecule has 2 aliphatic rings. The molecule has 13 heteroatoms. The maximum atomic E-state index is 13.5. The lowest BCUT2D eigenvalue weighted by Crippen LogP contribution is -2.50. The number of fused-ring (bicyclic) bond motifs is 1. The molecule has 2 N–H and O–H groups in total. The number of aromatic nitrogens is 2. The van der Waals surface area contributed by atoms with E-state index in [-0.39, 0.29) is 40.4 Å². The number of amides is 3. The number of nitrogens with one attached hydrogen (secondary N) is 2. The smallest absolute Gasteiger partial charge is 0.407 e. The zero-order chi connectivity index (χ0) is 28.5. The summed E-state index contributed by atoms with van der Waals surface area (Å²) >= 11 is 13.2. The topological polar surface area (TPSA) is 118 Å². The summed E-state index contributed by atoms with van der Waals surface area (Å²) in [5, 5.41) is 6.71. The fourth-order valence-electron chi connectivity index (χ4n) is 4.76. The SMILES string of the molecule is COc1cc(OC)c(Cl)c(N2Cc3cnc(N[C@@H]4CCCC[C@@H]4NC(=O)OC(C)(C)C)nc3N(C)C2=O)c1Cl. The van der Waals surface area contributed by atoms with Crippen LogP contribution in [0.25, 0.3) is 0 Å². The molecule has 1 fully saturated rings. The molecular formula is C26H34Cl2N6O5. The second kappa shape index (κ2) is 11.5. The van der Waals surface area contributed by atoms with Crippen molar-refractivity contribution in [1.29, 1.82) is 0 Å². The largest absolute Gasteiger partial charge is 0.495 e. The molecule has 39 heavy (non-hydrogen) atoms. The minimum atomic E-state index is -0.585. The van der Waals surface area contributed by atoms with Gasteiger partial charge in [0.2, 0.25) is 5.95 Å². The van der Waals surface area contributed by atoms with Crippen LogP contribution in [0, 0.1) is 0 Å². The average Bonchev–Trinajstić information content (AvgIpc) is 2.87. The van der Waals surface area contributed by atoms with E-state index in [2.05, 4.69) is 20.6 Å². The van der Waals surface area contributed by atoms with Crippen molar-refractivity contribution in [2.24, 2.45) is 0 Å². The summed E-state index contributed by atoms with van der Waals surface area (Å²) in [6.45, 7) is 5.63. The molecule has 2 aromatic rings. The Kier molecular flexibility index (Phi) is 8.51. The first kappa shape index (κ1) is 28.8. The number of carbonyl (C=O) groups excluding carboxylic acids is 2. The molecule has 0 radical (unpaired) electrons. The second-order valence-corrected chi connectivity index (χ2v) is 11.3. The van der Waals surface area contributed by atoms with Crippen LogP contribution in [0.2, 0.25) is 10.0 Å². The molecule has 2 atom stereocenters. The van der Waals surface area contributed by atoms with Crippen LogP contribution in [0.5, 0.6) is 11.5 Å². The highest BCUT2D eigenvalue weighted by molar-refractivity contribution is 6.42. The lowest BCUT2D eigenvalue weighted by atomic mass is 9.90. The van der Waals surface area contributed by atoms with E-state index in [0.29, 0.717) is 28.8 Å². The third-order valence-corrected chi connectivity index (χ3v) is 7.34. The molecule has 0 spiro atoms. The second-order valence-electron chi connectivity index (χ2n) is 10.5. The van der Waals surface area contributed by atoms with Crippen LogP contribution < -0.4 is 29.9 Å². The maximum absolute atomic E-state index is 13.5. The number of halogens is 2. The molecule has 0 unspecified atom stereocenters. The first-order chi connectivity index (χ1) is 18.4. The zero-order valence-electron chi connectivity index (χ0n) is 22.9. The Labute approximate surface area is 238 Å². The summed E-state index contributed by atoms with van der Waals surface area (Å²) < 4.78 is 16.2. The van der Waals surface area contributed by atoms with Crippen LogP contribution in [-0.4, -0.2) is 61.0 Å². The van der Waals surface area contributed by atoms with Crippen molar-refractivity contribution >= 4 is 52.8 Å². The maximum Gasteiger partial charge on any atom is 0.407 e. The standard InChI is InChI=1S/C26H34Cl2N6O5/c1-26(2,3)39-24(35)31-16-10-8-7-9-15(16)30-23-29-12-14-13-34(25(36)33(4)22(14)32-23)21-19(27)17(37-5)11-18(38-6)20(21)28/h11-12,15-16H,7-10,13H2,1-6H3,(H,31,35)(H,29,30,32)/t15-,16+/m1/s1. The van der Waals surface area contributed by atoms with Gasteiger partial charge in [-0.15, -0.1) is 0 Å². The number of anilines is 3. The van der Waals surface area contributed by atoms with Gasteiger partial charge in [0.25, 0.3) is 0 Å². The van der Waals surface area contributed by atoms with E-state index in [4.69, 9.17) is 37.4 Å². The monoisotopic (exact) mass is 580 g/mol. The van der Waals surface area contributed by atoms with Gasteiger partial charge in [-0.05, 0) is 33.6 Å². The normalized spacial score (nSPS) is 19.3.